The van der Waals surface area contributed by atoms with Crippen molar-refractivity contribution in [2.75, 3.05) is 16.8 Å². The van der Waals surface area contributed by atoms with Gasteiger partial charge >= 0.3 is 0 Å². The highest BCUT2D eigenvalue weighted by atomic mass is 16.5. The maximum atomic E-state index is 13.0. The first kappa shape index (κ1) is 21.3. The van der Waals surface area contributed by atoms with E-state index in [0.29, 0.717) is 22.9 Å². The highest BCUT2D eigenvalue weighted by Crippen LogP contribution is 2.32. The lowest BCUT2D eigenvalue weighted by atomic mass is 10.1. The molecule has 2 aliphatic rings. The third-order valence-corrected chi connectivity index (χ3v) is 5.57. The van der Waals surface area contributed by atoms with Gasteiger partial charge in [-0.3, -0.25) is 19.4 Å². The number of nitrogens with zero attached hydrogens (tertiary/aromatic N) is 4. The van der Waals surface area contributed by atoms with Gasteiger partial charge in [-0.05, 0) is 55.5 Å². The highest BCUT2D eigenvalue weighted by Gasteiger charge is 2.55. The summed E-state index contributed by atoms with van der Waals surface area (Å²) in [5.41, 5.74) is 2.06. The molecule has 34 heavy (non-hydrogen) atoms. The number of hydrogen-bond donors (Lipinski definition) is 1. The molecule has 9 nitrogen and oxygen atoms in total. The fourth-order valence-electron chi connectivity index (χ4n) is 3.88. The average molecular weight is 455 g/mol. The number of benzene rings is 3. The Bertz CT molecular complexity index is 1260. The van der Waals surface area contributed by atoms with E-state index in [4.69, 9.17) is 4.74 Å². The van der Waals surface area contributed by atoms with Crippen LogP contribution in [0.5, 0.6) is 11.5 Å². The molecule has 0 aromatic heterocycles. The maximum Gasteiger partial charge on any atom is 0.263 e. The van der Waals surface area contributed by atoms with Gasteiger partial charge in [0.15, 0.2) is 12.1 Å². The van der Waals surface area contributed by atoms with Crippen LogP contribution < -0.4 is 15.0 Å². The number of rotatable bonds is 6. The van der Waals surface area contributed by atoms with E-state index in [0.717, 1.165) is 10.5 Å². The second-order valence-electron chi connectivity index (χ2n) is 8.03. The molecular formula is C25H21N5O4. The summed E-state index contributed by atoms with van der Waals surface area (Å²) in [6.45, 7) is 1.71. The van der Waals surface area contributed by atoms with Crippen LogP contribution in [0.4, 0.5) is 11.4 Å². The smallest absolute Gasteiger partial charge is 0.263 e. The van der Waals surface area contributed by atoms with Crippen LogP contribution in [0.25, 0.3) is 0 Å². The van der Waals surface area contributed by atoms with Gasteiger partial charge in [-0.15, -0.1) is 0 Å². The first-order valence-corrected chi connectivity index (χ1v) is 10.7. The van der Waals surface area contributed by atoms with E-state index in [-0.39, 0.29) is 12.5 Å². The number of para-hydroxylation sites is 1. The Morgan fingerprint density at radius 2 is 1.59 bits per heavy atom. The number of hydrogen-bond acceptors (Lipinski definition) is 7. The lowest BCUT2D eigenvalue weighted by Crippen LogP contribution is -2.43. The third-order valence-electron chi connectivity index (χ3n) is 5.57. The van der Waals surface area contributed by atoms with Gasteiger partial charge in [0.2, 0.25) is 5.91 Å². The van der Waals surface area contributed by atoms with Crippen LogP contribution in [0.3, 0.4) is 0 Å². The summed E-state index contributed by atoms with van der Waals surface area (Å²) in [5, 5.41) is 11.9. The summed E-state index contributed by atoms with van der Waals surface area (Å²) in [5.74, 6) is 0.0688. The van der Waals surface area contributed by atoms with Crippen molar-refractivity contribution in [1.29, 1.82) is 0 Å². The quantitative estimate of drug-likeness (QED) is 0.571. The topological polar surface area (TPSA) is 104 Å². The average Bonchev–Trinajstić information content (AvgIpc) is 3.36. The molecule has 2 aliphatic heterocycles. The molecule has 3 amide bonds. The first-order chi connectivity index (χ1) is 16.5. The summed E-state index contributed by atoms with van der Waals surface area (Å²) in [7, 11) is 0. The summed E-state index contributed by atoms with van der Waals surface area (Å²) in [6, 6.07) is 21.5. The molecule has 1 N–H and O–H groups in total. The van der Waals surface area contributed by atoms with Gasteiger partial charge in [-0.25, -0.2) is 4.90 Å². The van der Waals surface area contributed by atoms with Crippen LogP contribution in [0.15, 0.2) is 89.2 Å². The molecule has 0 saturated carbocycles. The summed E-state index contributed by atoms with van der Waals surface area (Å²) in [4.78, 5) is 39.5. The van der Waals surface area contributed by atoms with Crippen LogP contribution in [0.1, 0.15) is 5.56 Å². The fourth-order valence-corrected chi connectivity index (χ4v) is 3.88. The zero-order chi connectivity index (χ0) is 23.7. The predicted molar refractivity (Wildman–Crippen MR) is 124 cm³/mol. The van der Waals surface area contributed by atoms with Crippen molar-refractivity contribution in [3.63, 3.8) is 0 Å². The lowest BCUT2D eigenvalue weighted by molar-refractivity contribution is -0.123. The van der Waals surface area contributed by atoms with E-state index >= 15 is 0 Å². The van der Waals surface area contributed by atoms with Crippen molar-refractivity contribution >= 4 is 29.1 Å². The number of ether oxygens (including phenoxy) is 1. The molecule has 0 bridgehead atoms. The predicted octanol–water partition coefficient (Wildman–Crippen LogP) is 3.72. The van der Waals surface area contributed by atoms with Gasteiger partial charge in [0.1, 0.15) is 18.0 Å². The molecular weight excluding hydrogens is 434 g/mol. The Labute approximate surface area is 195 Å². The van der Waals surface area contributed by atoms with E-state index < -0.39 is 23.9 Å². The minimum absolute atomic E-state index is 0.215. The van der Waals surface area contributed by atoms with E-state index in [9.17, 15) is 14.4 Å². The Morgan fingerprint density at radius 3 is 2.29 bits per heavy atom. The molecule has 5 rings (SSSR count). The number of fused-ring (bicyclic) bond motifs is 1. The van der Waals surface area contributed by atoms with Crippen LogP contribution in [-0.4, -0.2) is 41.4 Å². The van der Waals surface area contributed by atoms with Crippen LogP contribution in [-0.2, 0) is 14.4 Å². The van der Waals surface area contributed by atoms with Gasteiger partial charge in [0.25, 0.3) is 11.8 Å². The number of nitrogens with one attached hydrogen (secondary N) is 1. The Hall–Kier alpha value is -4.53. The number of imide groups is 1. The van der Waals surface area contributed by atoms with E-state index in [1.54, 1.807) is 36.4 Å². The number of anilines is 2. The van der Waals surface area contributed by atoms with E-state index in [1.807, 2.05) is 49.4 Å². The maximum absolute atomic E-state index is 13.0. The summed E-state index contributed by atoms with van der Waals surface area (Å²) in [6.07, 6.45) is 0. The second-order valence-corrected chi connectivity index (χ2v) is 8.03. The molecule has 2 atom stereocenters. The number of aryl methyl sites for hydroxylation is 1. The first-order valence-electron chi connectivity index (χ1n) is 10.7. The molecule has 3 aromatic carbocycles. The molecule has 0 radical (unpaired) electrons. The highest BCUT2D eigenvalue weighted by molar-refractivity contribution is 6.25. The van der Waals surface area contributed by atoms with Gasteiger partial charge in [-0.1, -0.05) is 41.1 Å². The minimum atomic E-state index is -0.948. The van der Waals surface area contributed by atoms with E-state index in [2.05, 4.69) is 15.7 Å². The summed E-state index contributed by atoms with van der Waals surface area (Å²) >= 11 is 0. The standard InChI is InChI=1S/C25H21N5O4/c1-16-7-11-18(12-8-16)30-24(32)22-23(25(30)33)29(28-27-22)15-21(31)26-17-9-13-20(14-10-17)34-19-5-3-2-4-6-19/h2-14,22-23H,15H2,1H3,(H,26,31)/t22-,23+/m1/s1. The molecule has 0 spiro atoms. The Balaban J connectivity index is 1.22. The van der Waals surface area contributed by atoms with Crippen molar-refractivity contribution in [3.05, 3.63) is 84.4 Å². The monoisotopic (exact) mass is 455 g/mol. The fraction of sp³-hybridized carbons (Fsp3) is 0.160. The zero-order valence-electron chi connectivity index (χ0n) is 18.3. The van der Waals surface area contributed by atoms with Gasteiger partial charge in [-0.2, -0.15) is 5.11 Å². The van der Waals surface area contributed by atoms with Gasteiger partial charge in [0, 0.05) is 5.69 Å². The van der Waals surface area contributed by atoms with Crippen LogP contribution in [0.2, 0.25) is 0 Å². The number of carbonyl (C=O) groups excluding carboxylic acids is 3. The third kappa shape index (κ3) is 4.11. The molecule has 3 aromatic rings. The van der Waals surface area contributed by atoms with Crippen molar-refractivity contribution in [2.45, 2.75) is 19.0 Å². The number of carbonyl (C=O) groups is 3. The van der Waals surface area contributed by atoms with Crippen molar-refractivity contribution < 1.29 is 19.1 Å². The Morgan fingerprint density at radius 1 is 0.912 bits per heavy atom. The number of amides is 3. The minimum Gasteiger partial charge on any atom is -0.457 e. The molecule has 2 heterocycles. The van der Waals surface area contributed by atoms with Gasteiger partial charge in [0.05, 0.1) is 5.69 Å². The lowest BCUT2D eigenvalue weighted by Gasteiger charge is -2.20. The van der Waals surface area contributed by atoms with Gasteiger partial charge < -0.3 is 10.1 Å². The van der Waals surface area contributed by atoms with Crippen LogP contribution >= 0.6 is 0 Å². The second kappa shape index (κ2) is 8.78. The van der Waals surface area contributed by atoms with E-state index in [1.165, 1.54) is 5.01 Å². The normalized spacial score (nSPS) is 18.9. The van der Waals surface area contributed by atoms with Crippen molar-refractivity contribution in [3.8, 4) is 11.5 Å². The Kier molecular flexibility index (Phi) is 5.51. The summed E-state index contributed by atoms with van der Waals surface area (Å²) < 4.78 is 5.75. The van der Waals surface area contributed by atoms with Crippen molar-refractivity contribution in [1.82, 2.24) is 5.01 Å². The molecule has 0 aliphatic carbocycles. The van der Waals surface area contributed by atoms with Crippen molar-refractivity contribution in [2.24, 2.45) is 10.3 Å². The van der Waals surface area contributed by atoms with Crippen LogP contribution in [0, 0.1) is 6.92 Å². The molecule has 170 valence electrons. The largest absolute Gasteiger partial charge is 0.457 e. The molecule has 1 saturated heterocycles. The molecule has 0 unspecified atom stereocenters. The molecule has 9 heteroatoms. The SMILES string of the molecule is Cc1ccc(N2C(=O)[C@@H]3[C@@H](N=NN3CC(=O)Nc3ccc(Oc4ccccc4)cc3)C2=O)cc1. The molecule has 1 fully saturated rings. The zero-order valence-corrected chi connectivity index (χ0v) is 18.3.